The number of rotatable bonds is 10. The quantitative estimate of drug-likeness (QED) is 0.275. The average molecular weight is 572 g/mol. The van der Waals surface area contributed by atoms with Gasteiger partial charge in [0.1, 0.15) is 35.2 Å². The molecule has 0 saturated carbocycles. The maximum Gasteiger partial charge on any atom is 0.351 e. The van der Waals surface area contributed by atoms with Gasteiger partial charge in [-0.2, -0.15) is 4.98 Å². The Kier molecular flexibility index (Phi) is 8.67. The third kappa shape index (κ3) is 5.91. The Morgan fingerprint density at radius 2 is 1.52 bits per heavy atom. The van der Waals surface area contributed by atoms with Crippen molar-refractivity contribution in [2.24, 2.45) is 0 Å². The fourth-order valence-electron chi connectivity index (χ4n) is 5.20. The lowest BCUT2D eigenvalue weighted by atomic mass is 9.80. The van der Waals surface area contributed by atoms with Gasteiger partial charge in [0.05, 0.1) is 26.9 Å². The first kappa shape index (κ1) is 29.0. The van der Waals surface area contributed by atoms with Gasteiger partial charge in [-0.1, -0.05) is 54.6 Å². The first-order valence-corrected chi connectivity index (χ1v) is 13.5. The van der Waals surface area contributed by atoms with Gasteiger partial charge in [-0.3, -0.25) is 9.36 Å². The summed E-state index contributed by atoms with van der Waals surface area (Å²) in [5.41, 5.74) is 0.878. The second-order valence-electron chi connectivity index (χ2n) is 9.93. The molecule has 3 atom stereocenters. The maximum absolute atomic E-state index is 12.7. The molecule has 2 N–H and O–H groups in total. The van der Waals surface area contributed by atoms with Crippen LogP contribution in [-0.4, -0.2) is 53.6 Å². The van der Waals surface area contributed by atoms with Crippen molar-refractivity contribution < 1.29 is 28.8 Å². The van der Waals surface area contributed by atoms with Gasteiger partial charge in [-0.25, -0.2) is 4.79 Å². The molecule has 5 rings (SSSR count). The Balaban J connectivity index is 1.49. The van der Waals surface area contributed by atoms with Crippen LogP contribution in [0, 0.1) is 0 Å². The van der Waals surface area contributed by atoms with E-state index in [9.17, 15) is 14.7 Å². The molecule has 218 valence electrons. The normalized spacial score (nSPS) is 18.4. The molecule has 1 fully saturated rings. The molecule has 1 saturated heterocycles. The number of anilines is 1. The van der Waals surface area contributed by atoms with Crippen molar-refractivity contribution in [3.63, 3.8) is 0 Å². The Morgan fingerprint density at radius 3 is 2.05 bits per heavy atom. The van der Waals surface area contributed by atoms with E-state index in [0.29, 0.717) is 11.5 Å². The number of aliphatic hydroxyl groups excluding tert-OH is 1. The second kappa shape index (κ2) is 12.6. The van der Waals surface area contributed by atoms with Gasteiger partial charge in [0, 0.05) is 19.5 Å². The van der Waals surface area contributed by atoms with E-state index in [0.717, 1.165) is 16.7 Å². The average Bonchev–Trinajstić information content (AvgIpc) is 3.38. The summed E-state index contributed by atoms with van der Waals surface area (Å²) in [6.45, 7) is 1.35. The van der Waals surface area contributed by atoms with Crippen LogP contribution in [0.1, 0.15) is 36.3 Å². The standard InChI is InChI=1S/C32H33N3O7/c1-21(36)33-29-17-18-35(31(38)34-29)30-19-27(37)28(42-30)20-41-32(22-7-5-4-6-8-22,23-9-13-25(39-2)14-10-23)24-11-15-26(40-3)16-12-24/h4-18,27-28,30,37H,19-20H2,1-3H3,(H,33,34,36,38)/t27-,28+,30-/m1/s1. The lowest BCUT2D eigenvalue weighted by molar-refractivity contribution is -0.114. The number of nitrogens with one attached hydrogen (secondary N) is 1. The largest absolute Gasteiger partial charge is 0.497 e. The molecular formula is C32H33N3O7. The predicted molar refractivity (Wildman–Crippen MR) is 156 cm³/mol. The minimum Gasteiger partial charge on any atom is -0.497 e. The van der Waals surface area contributed by atoms with Gasteiger partial charge in [0.25, 0.3) is 0 Å². The summed E-state index contributed by atoms with van der Waals surface area (Å²) in [5.74, 6) is 1.22. The van der Waals surface area contributed by atoms with Gasteiger partial charge < -0.3 is 29.4 Å². The summed E-state index contributed by atoms with van der Waals surface area (Å²) in [5, 5.41) is 13.5. The first-order chi connectivity index (χ1) is 20.3. The number of nitrogens with zero attached hydrogens (tertiary/aromatic N) is 2. The van der Waals surface area contributed by atoms with Crippen molar-refractivity contribution in [2.75, 3.05) is 26.1 Å². The highest BCUT2D eigenvalue weighted by Crippen LogP contribution is 2.42. The van der Waals surface area contributed by atoms with E-state index in [-0.39, 0.29) is 24.8 Å². The van der Waals surface area contributed by atoms with Crippen LogP contribution in [0.5, 0.6) is 11.5 Å². The molecule has 2 heterocycles. The van der Waals surface area contributed by atoms with E-state index in [1.807, 2.05) is 78.9 Å². The summed E-state index contributed by atoms with van der Waals surface area (Å²) in [6, 6.07) is 26.6. The summed E-state index contributed by atoms with van der Waals surface area (Å²) < 4.78 is 25.1. The van der Waals surface area contributed by atoms with Crippen molar-refractivity contribution in [3.8, 4) is 11.5 Å². The Labute approximate surface area is 243 Å². The third-order valence-corrected chi connectivity index (χ3v) is 7.29. The summed E-state index contributed by atoms with van der Waals surface area (Å²) in [7, 11) is 3.23. The van der Waals surface area contributed by atoms with E-state index < -0.39 is 29.7 Å². The molecule has 10 nitrogen and oxygen atoms in total. The molecule has 0 radical (unpaired) electrons. The zero-order valence-electron chi connectivity index (χ0n) is 23.6. The highest BCUT2D eigenvalue weighted by atomic mass is 16.6. The van der Waals surface area contributed by atoms with Crippen LogP contribution in [0.4, 0.5) is 5.82 Å². The third-order valence-electron chi connectivity index (χ3n) is 7.29. The molecule has 0 aliphatic carbocycles. The Bertz CT molecular complexity index is 1510. The number of benzene rings is 3. The predicted octanol–water partition coefficient (Wildman–Crippen LogP) is 3.88. The molecule has 10 heteroatoms. The van der Waals surface area contributed by atoms with Gasteiger partial charge in [-0.15, -0.1) is 0 Å². The van der Waals surface area contributed by atoms with Crippen LogP contribution in [0.15, 0.2) is 95.9 Å². The molecule has 0 bridgehead atoms. The van der Waals surface area contributed by atoms with E-state index >= 15 is 0 Å². The lowest BCUT2D eigenvalue weighted by Crippen LogP contribution is -2.38. The topological polar surface area (TPSA) is 121 Å². The summed E-state index contributed by atoms with van der Waals surface area (Å²) in [4.78, 5) is 27.9. The van der Waals surface area contributed by atoms with E-state index in [4.69, 9.17) is 18.9 Å². The fraction of sp³-hybridized carbons (Fsp3) is 0.281. The van der Waals surface area contributed by atoms with Crippen LogP contribution >= 0.6 is 0 Å². The van der Waals surface area contributed by atoms with Crippen molar-refractivity contribution in [1.82, 2.24) is 9.55 Å². The molecule has 1 aliphatic heterocycles. The van der Waals surface area contributed by atoms with Crippen molar-refractivity contribution >= 4 is 11.7 Å². The van der Waals surface area contributed by atoms with E-state index in [2.05, 4.69) is 10.3 Å². The minimum atomic E-state index is -1.08. The number of methoxy groups -OCH3 is 2. The molecule has 42 heavy (non-hydrogen) atoms. The van der Waals surface area contributed by atoms with Crippen LogP contribution < -0.4 is 20.5 Å². The maximum atomic E-state index is 12.7. The lowest BCUT2D eigenvalue weighted by Gasteiger charge is -2.37. The van der Waals surface area contributed by atoms with Crippen molar-refractivity contribution in [1.29, 1.82) is 0 Å². The van der Waals surface area contributed by atoms with Gasteiger partial charge in [0.15, 0.2) is 0 Å². The van der Waals surface area contributed by atoms with E-state index in [1.54, 1.807) is 14.2 Å². The van der Waals surface area contributed by atoms with Crippen LogP contribution in [-0.2, 0) is 19.9 Å². The number of ether oxygens (including phenoxy) is 4. The zero-order valence-corrected chi connectivity index (χ0v) is 23.6. The second-order valence-corrected chi connectivity index (χ2v) is 9.93. The Hall–Kier alpha value is -4.51. The first-order valence-electron chi connectivity index (χ1n) is 13.5. The Morgan fingerprint density at radius 1 is 0.952 bits per heavy atom. The number of carbonyl (C=O) groups excluding carboxylic acids is 1. The number of hydrogen-bond donors (Lipinski definition) is 2. The monoisotopic (exact) mass is 571 g/mol. The molecule has 1 aromatic heterocycles. The zero-order chi connectivity index (χ0) is 29.7. The number of carbonyl (C=O) groups is 1. The molecule has 1 aliphatic rings. The van der Waals surface area contributed by atoms with Crippen LogP contribution in [0.25, 0.3) is 0 Å². The van der Waals surface area contributed by atoms with Crippen LogP contribution in [0.3, 0.4) is 0 Å². The molecule has 0 spiro atoms. The molecule has 0 unspecified atom stereocenters. The number of aromatic nitrogens is 2. The molecule has 3 aromatic carbocycles. The molecular weight excluding hydrogens is 538 g/mol. The molecule has 4 aromatic rings. The van der Waals surface area contributed by atoms with Crippen molar-refractivity contribution in [3.05, 3.63) is 118 Å². The number of amides is 1. The highest BCUT2D eigenvalue weighted by molar-refractivity contribution is 5.87. The van der Waals surface area contributed by atoms with Gasteiger partial charge in [-0.05, 0) is 47.0 Å². The van der Waals surface area contributed by atoms with Gasteiger partial charge in [0.2, 0.25) is 5.91 Å². The summed E-state index contributed by atoms with van der Waals surface area (Å²) in [6.07, 6.45) is -0.746. The summed E-state index contributed by atoms with van der Waals surface area (Å²) >= 11 is 0. The highest BCUT2D eigenvalue weighted by Gasteiger charge is 2.42. The van der Waals surface area contributed by atoms with E-state index in [1.165, 1.54) is 23.8 Å². The smallest absolute Gasteiger partial charge is 0.351 e. The van der Waals surface area contributed by atoms with Crippen LogP contribution in [0.2, 0.25) is 0 Å². The SMILES string of the molecule is COc1ccc(C(OC[C@@H]2O[C@@H](n3ccc(NC(C)=O)nc3=O)C[C@H]2O)(c2ccccc2)c2ccc(OC)cc2)cc1. The number of aliphatic hydroxyl groups is 1. The fourth-order valence-corrected chi connectivity index (χ4v) is 5.20. The van der Waals surface area contributed by atoms with Crippen molar-refractivity contribution in [2.45, 2.75) is 37.4 Å². The van der Waals surface area contributed by atoms with Gasteiger partial charge >= 0.3 is 5.69 Å². The molecule has 1 amide bonds. The number of hydrogen-bond acceptors (Lipinski definition) is 8. The minimum absolute atomic E-state index is 0.0107.